The topological polar surface area (TPSA) is 133 Å². The van der Waals surface area contributed by atoms with Crippen molar-refractivity contribution >= 4 is 57.3 Å². The summed E-state index contributed by atoms with van der Waals surface area (Å²) in [6.45, 7) is 1.56. The normalized spacial score (nSPS) is 15.3. The number of thiazole rings is 1. The molecule has 10 nitrogen and oxygen atoms in total. The second-order valence-electron chi connectivity index (χ2n) is 7.31. The van der Waals surface area contributed by atoms with Crippen LogP contribution in [-0.2, 0) is 33.4 Å². The number of carbonyl (C=O) groups is 3. The highest BCUT2D eigenvalue weighted by Crippen LogP contribution is 2.24. The molecule has 3 rings (SSSR count). The third-order valence-corrected chi connectivity index (χ3v) is 6.75. The number of hydrogen-bond donors (Lipinski definition) is 3. The Kier molecular flexibility index (Phi) is 8.29. The summed E-state index contributed by atoms with van der Waals surface area (Å²) >= 11 is 7.07. The molecule has 0 aromatic carbocycles. The van der Waals surface area contributed by atoms with E-state index in [4.69, 9.17) is 11.6 Å². The van der Waals surface area contributed by atoms with Crippen LogP contribution in [0.5, 0.6) is 0 Å². The van der Waals surface area contributed by atoms with Crippen LogP contribution in [0, 0.1) is 0 Å². The predicted octanol–water partition coefficient (Wildman–Crippen LogP) is 0.411. The highest BCUT2D eigenvalue weighted by molar-refractivity contribution is 7.84. The number of nitrogens with zero attached hydrogens (tertiary/aromatic N) is 3. The highest BCUT2D eigenvalue weighted by Gasteiger charge is 2.24. The summed E-state index contributed by atoms with van der Waals surface area (Å²) < 4.78 is 11.7. The molecule has 0 saturated heterocycles. The molecule has 3 heterocycles. The molecule has 2 atom stereocenters. The van der Waals surface area contributed by atoms with Gasteiger partial charge in [0, 0.05) is 59.9 Å². The fourth-order valence-corrected chi connectivity index (χ4v) is 4.99. The van der Waals surface area contributed by atoms with E-state index in [1.165, 1.54) is 35.9 Å². The minimum atomic E-state index is -1.24. The number of amides is 3. The summed E-state index contributed by atoms with van der Waals surface area (Å²) in [5.74, 6) is -1.94. The Bertz CT molecular complexity index is 1030. The molecule has 0 spiro atoms. The van der Waals surface area contributed by atoms with E-state index >= 15 is 0 Å². The van der Waals surface area contributed by atoms with Crippen LogP contribution >= 0.6 is 22.9 Å². The first kappa shape index (κ1) is 24.2. The first-order valence-electron chi connectivity index (χ1n) is 9.70. The Balaban J connectivity index is 1.57. The average Bonchev–Trinajstić information content (AvgIpc) is 3.16. The molecule has 2 unspecified atom stereocenters. The van der Waals surface area contributed by atoms with Gasteiger partial charge in [-0.2, -0.15) is 0 Å². The second-order valence-corrected chi connectivity index (χ2v) is 10.3. The number of rotatable bonds is 7. The molecule has 1 aliphatic heterocycles. The lowest BCUT2D eigenvalue weighted by atomic mass is 10.2. The predicted molar refractivity (Wildman–Crippen MR) is 123 cm³/mol. The summed E-state index contributed by atoms with van der Waals surface area (Å²) in [6.07, 6.45) is 3.62. The lowest BCUT2D eigenvalue weighted by molar-refractivity contribution is -0.136. The maximum atomic E-state index is 12.7. The average molecular weight is 499 g/mol. The van der Waals surface area contributed by atoms with E-state index in [2.05, 4.69) is 30.8 Å². The van der Waals surface area contributed by atoms with E-state index in [9.17, 15) is 18.6 Å². The lowest BCUT2D eigenvalue weighted by Crippen LogP contribution is -2.48. The van der Waals surface area contributed by atoms with E-state index in [0.717, 1.165) is 30.1 Å². The fraction of sp³-hybridized carbons (Fsp3) is 0.421. The van der Waals surface area contributed by atoms with Gasteiger partial charge >= 0.3 is 11.8 Å². The quantitative estimate of drug-likeness (QED) is 0.471. The number of carbonyl (C=O) groups excluding carboxylic acids is 3. The number of halogens is 1. The van der Waals surface area contributed by atoms with Crippen LogP contribution in [0.15, 0.2) is 18.3 Å². The van der Waals surface area contributed by atoms with E-state index in [0.29, 0.717) is 10.0 Å². The monoisotopic (exact) mass is 498 g/mol. The summed E-state index contributed by atoms with van der Waals surface area (Å²) in [6, 6.07) is 2.35. The van der Waals surface area contributed by atoms with Crippen LogP contribution in [0.3, 0.4) is 0 Å². The Morgan fingerprint density at radius 3 is 2.78 bits per heavy atom. The van der Waals surface area contributed by atoms with Gasteiger partial charge in [-0.3, -0.25) is 18.6 Å². The first-order chi connectivity index (χ1) is 15.2. The van der Waals surface area contributed by atoms with Gasteiger partial charge in [-0.05, 0) is 19.2 Å². The largest absolute Gasteiger partial charge is 0.346 e. The highest BCUT2D eigenvalue weighted by atomic mass is 35.5. The summed E-state index contributed by atoms with van der Waals surface area (Å²) in [5.41, 5.74) is 0.926. The molecular formula is C19H23ClN6O4S2. The Labute approximate surface area is 196 Å². The van der Waals surface area contributed by atoms with Gasteiger partial charge in [0.25, 0.3) is 5.91 Å². The number of nitrogens with one attached hydrogen (secondary N) is 3. The molecule has 2 aromatic rings. The van der Waals surface area contributed by atoms with Crippen molar-refractivity contribution in [3.05, 3.63) is 38.9 Å². The van der Waals surface area contributed by atoms with Crippen LogP contribution < -0.4 is 16.0 Å². The number of aromatic nitrogens is 2. The van der Waals surface area contributed by atoms with Crippen molar-refractivity contribution in [1.29, 1.82) is 0 Å². The van der Waals surface area contributed by atoms with Gasteiger partial charge in [-0.1, -0.05) is 11.6 Å². The maximum absolute atomic E-state index is 12.7. The molecular weight excluding hydrogens is 476 g/mol. The molecule has 1 aliphatic rings. The fourth-order valence-electron chi connectivity index (χ4n) is 3.02. The van der Waals surface area contributed by atoms with Gasteiger partial charge < -0.3 is 20.9 Å². The van der Waals surface area contributed by atoms with Crippen molar-refractivity contribution in [2.24, 2.45) is 0 Å². The van der Waals surface area contributed by atoms with Gasteiger partial charge in [0.05, 0.1) is 16.8 Å². The SMILES string of the molecule is CN1CCc2nc(C(=O)NC(CNC(=O)C(=O)Nc3ccc(Cl)cn3)CS(C)=O)sc2C1. The molecule has 2 aromatic heterocycles. The zero-order valence-corrected chi connectivity index (χ0v) is 19.9. The Morgan fingerprint density at radius 2 is 2.09 bits per heavy atom. The molecule has 32 heavy (non-hydrogen) atoms. The van der Waals surface area contributed by atoms with Crippen molar-refractivity contribution in [3.63, 3.8) is 0 Å². The number of pyridine rings is 1. The van der Waals surface area contributed by atoms with Crippen molar-refractivity contribution in [2.45, 2.75) is 19.0 Å². The lowest BCUT2D eigenvalue weighted by Gasteiger charge is -2.20. The molecule has 0 fully saturated rings. The van der Waals surface area contributed by atoms with Crippen molar-refractivity contribution in [2.75, 3.05) is 37.5 Å². The van der Waals surface area contributed by atoms with Gasteiger partial charge in [-0.25, -0.2) is 9.97 Å². The number of hydrogen-bond acceptors (Lipinski definition) is 8. The Morgan fingerprint density at radius 1 is 1.31 bits per heavy atom. The smallest absolute Gasteiger partial charge is 0.314 e. The van der Waals surface area contributed by atoms with Crippen LogP contribution in [0.25, 0.3) is 0 Å². The molecule has 0 saturated carbocycles. The van der Waals surface area contributed by atoms with E-state index < -0.39 is 34.6 Å². The van der Waals surface area contributed by atoms with Crippen molar-refractivity contribution in [1.82, 2.24) is 25.5 Å². The zero-order chi connectivity index (χ0) is 23.3. The van der Waals surface area contributed by atoms with Crippen LogP contribution in [0.1, 0.15) is 20.4 Å². The maximum Gasteiger partial charge on any atom is 0.314 e. The summed E-state index contributed by atoms with van der Waals surface area (Å²) in [7, 11) is 0.773. The molecule has 172 valence electrons. The van der Waals surface area contributed by atoms with E-state index in [1.807, 2.05) is 7.05 Å². The molecule has 13 heteroatoms. The van der Waals surface area contributed by atoms with Crippen LogP contribution in [0.4, 0.5) is 5.82 Å². The van der Waals surface area contributed by atoms with Gasteiger partial charge in [-0.15, -0.1) is 11.3 Å². The van der Waals surface area contributed by atoms with Gasteiger partial charge in [0.2, 0.25) is 0 Å². The second kappa shape index (κ2) is 10.9. The summed E-state index contributed by atoms with van der Waals surface area (Å²) in [5, 5.41) is 8.29. The minimum absolute atomic E-state index is 0.0700. The molecule has 3 N–H and O–H groups in total. The Hall–Kier alpha value is -2.41. The molecule has 0 bridgehead atoms. The molecule has 3 amide bonds. The number of anilines is 1. The molecule has 0 aliphatic carbocycles. The number of likely N-dealkylation sites (N-methyl/N-ethyl adjacent to an activating group) is 1. The standard InChI is InChI=1S/C19H23ClN6O4S2/c1-26-6-5-13-14(9-26)31-19(24-13)18(29)23-12(10-32(2)30)8-22-16(27)17(28)25-15-4-3-11(20)7-21-15/h3-4,7,12H,5-6,8-10H2,1-2H3,(H,22,27)(H,23,29)(H,21,25,28). The van der Waals surface area contributed by atoms with E-state index in [-0.39, 0.29) is 18.1 Å². The molecule has 0 radical (unpaired) electrons. The van der Waals surface area contributed by atoms with E-state index in [1.54, 1.807) is 0 Å². The van der Waals surface area contributed by atoms with Crippen LogP contribution in [-0.4, -0.2) is 75.0 Å². The van der Waals surface area contributed by atoms with Crippen molar-refractivity contribution < 1.29 is 18.6 Å². The number of fused-ring (bicyclic) bond motifs is 1. The zero-order valence-electron chi connectivity index (χ0n) is 17.5. The third kappa shape index (κ3) is 6.79. The van der Waals surface area contributed by atoms with Gasteiger partial charge in [0.1, 0.15) is 5.82 Å². The summed E-state index contributed by atoms with van der Waals surface area (Å²) in [4.78, 5) is 48.4. The van der Waals surface area contributed by atoms with Crippen molar-refractivity contribution in [3.8, 4) is 0 Å². The van der Waals surface area contributed by atoms with Crippen LogP contribution in [0.2, 0.25) is 5.02 Å². The first-order valence-corrected chi connectivity index (χ1v) is 12.6. The third-order valence-electron chi connectivity index (χ3n) is 4.57. The van der Waals surface area contributed by atoms with Gasteiger partial charge in [0.15, 0.2) is 5.01 Å². The minimum Gasteiger partial charge on any atom is -0.346 e.